The number of ether oxygens (including phenoxy) is 1. The Morgan fingerprint density at radius 3 is 2.80 bits per heavy atom. The summed E-state index contributed by atoms with van der Waals surface area (Å²) in [4.78, 5) is 22.8. The lowest BCUT2D eigenvalue weighted by atomic mass is 10.1. The van der Waals surface area contributed by atoms with Crippen molar-refractivity contribution >= 4 is 23.0 Å². The molecule has 0 aliphatic carbocycles. The zero-order chi connectivity index (χ0) is 18.0. The lowest BCUT2D eigenvalue weighted by Gasteiger charge is -2.16. The second-order valence-electron chi connectivity index (χ2n) is 5.68. The van der Waals surface area contributed by atoms with Crippen LogP contribution in [0.4, 0.5) is 5.82 Å². The number of carbonyl (C=O) groups excluding carboxylic acids is 1. The smallest absolute Gasteiger partial charge is 0.167 e. The van der Waals surface area contributed by atoms with Gasteiger partial charge in [0, 0.05) is 12.5 Å². The Hall–Kier alpha value is -2.34. The van der Waals surface area contributed by atoms with Crippen LogP contribution in [0.1, 0.15) is 19.1 Å². The van der Waals surface area contributed by atoms with E-state index >= 15 is 0 Å². The van der Waals surface area contributed by atoms with Crippen LogP contribution in [0, 0.1) is 0 Å². The number of carboxylic acids is 1. The number of hydrogen-bond donors (Lipinski definition) is 4. The van der Waals surface area contributed by atoms with Crippen molar-refractivity contribution in [3.8, 4) is 0 Å². The fourth-order valence-corrected chi connectivity index (χ4v) is 2.72. The number of aliphatic carboxylic acids is 1. The minimum Gasteiger partial charge on any atom is -0.550 e. The Morgan fingerprint density at radius 1 is 1.32 bits per heavy atom. The third-order valence-electron chi connectivity index (χ3n) is 4.00. The number of anilines is 1. The summed E-state index contributed by atoms with van der Waals surface area (Å²) >= 11 is 0. The number of carboxylic acid groups (broad SMARTS) is 1. The molecule has 4 N–H and O–H groups in total. The van der Waals surface area contributed by atoms with Crippen LogP contribution in [0.2, 0.25) is 0 Å². The first-order valence-corrected chi connectivity index (χ1v) is 7.76. The number of rotatable bonds is 7. The van der Waals surface area contributed by atoms with Gasteiger partial charge in [-0.05, 0) is 12.8 Å². The second-order valence-corrected chi connectivity index (χ2v) is 5.68. The number of aliphatic hydroxyl groups is 3. The fourth-order valence-electron chi connectivity index (χ4n) is 2.72. The lowest BCUT2D eigenvalue weighted by molar-refractivity contribution is -0.305. The van der Waals surface area contributed by atoms with Gasteiger partial charge in [0.15, 0.2) is 23.2 Å². The summed E-state index contributed by atoms with van der Waals surface area (Å²) in [6.45, 7) is -0.0671. The van der Waals surface area contributed by atoms with Crippen LogP contribution in [0.25, 0.3) is 11.2 Å². The third-order valence-corrected chi connectivity index (χ3v) is 4.00. The SMILES string of the molecule is O=C([O-])CCCNc1ncnc2c1ncn2[C@@H]1O[C@@H](CO)[C@@H](O)[C@H]1O. The highest BCUT2D eigenvalue weighted by atomic mass is 16.6. The van der Waals surface area contributed by atoms with Gasteiger partial charge in [-0.15, -0.1) is 0 Å². The molecule has 0 unspecified atom stereocenters. The Morgan fingerprint density at radius 2 is 2.12 bits per heavy atom. The molecule has 0 spiro atoms. The highest BCUT2D eigenvalue weighted by Crippen LogP contribution is 2.31. The summed E-state index contributed by atoms with van der Waals surface area (Å²) < 4.78 is 6.92. The van der Waals surface area contributed by atoms with Gasteiger partial charge in [-0.25, -0.2) is 15.0 Å². The number of aliphatic hydroxyl groups excluding tert-OH is 3. The number of carbonyl (C=O) groups is 1. The van der Waals surface area contributed by atoms with Gasteiger partial charge in [0.1, 0.15) is 24.6 Å². The van der Waals surface area contributed by atoms with E-state index in [0.717, 1.165) is 0 Å². The molecule has 0 radical (unpaired) electrons. The Kier molecular flexibility index (Phi) is 5.08. The molecule has 136 valence electrons. The third kappa shape index (κ3) is 3.39. The van der Waals surface area contributed by atoms with Crippen molar-refractivity contribution in [1.29, 1.82) is 0 Å². The van der Waals surface area contributed by atoms with Crippen LogP contribution < -0.4 is 10.4 Å². The molecule has 1 aliphatic rings. The van der Waals surface area contributed by atoms with E-state index < -0.39 is 37.1 Å². The molecule has 1 saturated heterocycles. The van der Waals surface area contributed by atoms with Crippen LogP contribution >= 0.6 is 0 Å². The standard InChI is InChI=1S/C14H19N5O6/c20-4-7-10(23)11(24)14(25-7)19-6-18-9-12(16-5-17-13(9)19)15-3-1-2-8(21)22/h5-7,10-11,14,20,23-24H,1-4H2,(H,21,22)(H,15,16,17)/p-1/t7-,10+,11+,14+/m0/s1. The fraction of sp³-hybridized carbons (Fsp3) is 0.571. The topological polar surface area (TPSA) is 166 Å². The molecule has 4 atom stereocenters. The van der Waals surface area contributed by atoms with Gasteiger partial charge in [-0.1, -0.05) is 0 Å². The maximum atomic E-state index is 10.4. The van der Waals surface area contributed by atoms with Crippen LogP contribution in [0.15, 0.2) is 12.7 Å². The van der Waals surface area contributed by atoms with Crippen molar-refractivity contribution in [3.05, 3.63) is 12.7 Å². The molecular formula is C14H18N5O6-. The molecule has 1 aliphatic heterocycles. The first-order chi connectivity index (χ1) is 12.0. The molecule has 0 amide bonds. The average molecular weight is 352 g/mol. The van der Waals surface area contributed by atoms with E-state index in [0.29, 0.717) is 29.9 Å². The molecule has 2 aromatic rings. The minimum atomic E-state index is -1.25. The molecule has 0 saturated carbocycles. The van der Waals surface area contributed by atoms with E-state index in [9.17, 15) is 25.2 Å². The predicted molar refractivity (Wildman–Crippen MR) is 81.1 cm³/mol. The molecule has 2 aromatic heterocycles. The van der Waals surface area contributed by atoms with Crippen LogP contribution in [-0.2, 0) is 9.53 Å². The molecule has 3 rings (SSSR count). The second kappa shape index (κ2) is 7.27. The summed E-state index contributed by atoms with van der Waals surface area (Å²) in [6, 6.07) is 0. The summed E-state index contributed by atoms with van der Waals surface area (Å²) in [6.07, 6.45) is -1.34. The van der Waals surface area contributed by atoms with E-state index in [1.54, 1.807) is 0 Å². The largest absolute Gasteiger partial charge is 0.550 e. The number of hydrogen-bond acceptors (Lipinski definition) is 10. The first-order valence-electron chi connectivity index (χ1n) is 7.76. The average Bonchev–Trinajstić information content (AvgIpc) is 3.14. The van der Waals surface area contributed by atoms with Crippen molar-refractivity contribution in [2.45, 2.75) is 37.4 Å². The van der Waals surface area contributed by atoms with E-state index in [1.807, 2.05) is 0 Å². The van der Waals surface area contributed by atoms with Gasteiger partial charge >= 0.3 is 0 Å². The molecule has 11 nitrogen and oxygen atoms in total. The van der Waals surface area contributed by atoms with Crippen LogP contribution in [0.3, 0.4) is 0 Å². The highest BCUT2D eigenvalue weighted by molar-refractivity contribution is 5.82. The molecule has 0 aromatic carbocycles. The molecule has 11 heteroatoms. The molecule has 0 bridgehead atoms. The lowest BCUT2D eigenvalue weighted by Crippen LogP contribution is -2.33. The quantitative estimate of drug-likeness (QED) is 0.387. The molecule has 25 heavy (non-hydrogen) atoms. The highest BCUT2D eigenvalue weighted by Gasteiger charge is 2.44. The number of aromatic nitrogens is 4. The van der Waals surface area contributed by atoms with Crippen molar-refractivity contribution in [1.82, 2.24) is 19.5 Å². The van der Waals surface area contributed by atoms with Crippen LogP contribution in [-0.4, -0.2) is 72.3 Å². The van der Waals surface area contributed by atoms with Crippen LogP contribution in [0.5, 0.6) is 0 Å². The van der Waals surface area contributed by atoms with E-state index in [1.165, 1.54) is 17.2 Å². The number of fused-ring (bicyclic) bond motifs is 1. The summed E-state index contributed by atoms with van der Waals surface area (Å²) in [5.74, 6) is -0.711. The summed E-state index contributed by atoms with van der Waals surface area (Å²) in [7, 11) is 0. The van der Waals surface area contributed by atoms with Crippen molar-refractivity contribution in [3.63, 3.8) is 0 Å². The van der Waals surface area contributed by atoms with Crippen molar-refractivity contribution < 1.29 is 30.0 Å². The van der Waals surface area contributed by atoms with Gasteiger partial charge < -0.3 is 35.3 Å². The first kappa shape index (κ1) is 17.5. The molecule has 3 heterocycles. The zero-order valence-electron chi connectivity index (χ0n) is 13.1. The monoisotopic (exact) mass is 352 g/mol. The summed E-state index contributed by atoms with van der Waals surface area (Å²) in [5.41, 5.74) is 0.779. The van der Waals surface area contributed by atoms with E-state index in [4.69, 9.17) is 4.74 Å². The number of imidazole rings is 1. The van der Waals surface area contributed by atoms with Crippen molar-refractivity contribution in [2.75, 3.05) is 18.5 Å². The maximum absolute atomic E-state index is 10.4. The summed E-state index contributed by atoms with van der Waals surface area (Å²) in [5, 5.41) is 42.6. The number of nitrogens with zero attached hydrogens (tertiary/aromatic N) is 4. The Labute approximate surface area is 141 Å². The predicted octanol–water partition coefficient (Wildman–Crippen LogP) is -2.62. The Bertz CT molecular complexity index is 752. The molecular weight excluding hydrogens is 334 g/mol. The van der Waals surface area contributed by atoms with Gasteiger partial charge in [0.05, 0.1) is 12.9 Å². The molecule has 1 fully saturated rings. The normalized spacial score (nSPS) is 26.2. The minimum absolute atomic E-state index is 0.0712. The van der Waals surface area contributed by atoms with Crippen molar-refractivity contribution in [2.24, 2.45) is 0 Å². The van der Waals surface area contributed by atoms with Gasteiger partial charge in [-0.2, -0.15) is 0 Å². The maximum Gasteiger partial charge on any atom is 0.167 e. The zero-order valence-corrected chi connectivity index (χ0v) is 13.1. The van der Waals surface area contributed by atoms with Gasteiger partial charge in [0.2, 0.25) is 0 Å². The van der Waals surface area contributed by atoms with E-state index in [2.05, 4.69) is 20.3 Å². The number of nitrogens with one attached hydrogen (secondary N) is 1. The Balaban J connectivity index is 1.80. The van der Waals surface area contributed by atoms with E-state index in [-0.39, 0.29) is 6.42 Å². The van der Waals surface area contributed by atoms with Gasteiger partial charge in [0.25, 0.3) is 0 Å². The van der Waals surface area contributed by atoms with Gasteiger partial charge in [-0.3, -0.25) is 4.57 Å².